The largest absolute Gasteiger partial charge is 0.327 e. The van der Waals surface area contributed by atoms with Crippen LogP contribution in [-0.4, -0.2) is 46.0 Å². The zero-order chi connectivity index (χ0) is 26.1. The van der Waals surface area contributed by atoms with E-state index in [0.29, 0.717) is 28.1 Å². The van der Waals surface area contributed by atoms with Crippen molar-refractivity contribution in [2.45, 2.75) is 33.2 Å². The normalized spacial score (nSPS) is 15.7. The Labute approximate surface area is 205 Å². The van der Waals surface area contributed by atoms with Gasteiger partial charge in [0.05, 0.1) is 22.9 Å². The highest BCUT2D eigenvalue weighted by Gasteiger charge is 2.34. The van der Waals surface area contributed by atoms with Crippen molar-refractivity contribution in [3.63, 3.8) is 0 Å². The number of amides is 2. The van der Waals surface area contributed by atoms with Gasteiger partial charge in [0, 0.05) is 24.2 Å². The minimum Gasteiger partial charge on any atom is -0.327 e. The number of carbonyl (C=O) groups excluding carboxylic acids is 2. The fourth-order valence-corrected chi connectivity index (χ4v) is 4.31. The Bertz CT molecular complexity index is 1480. The minimum absolute atomic E-state index is 0.118. The fraction of sp³-hybridized carbons (Fsp3) is 0.269. The van der Waals surface area contributed by atoms with Gasteiger partial charge in [0.2, 0.25) is 5.91 Å². The van der Waals surface area contributed by atoms with Crippen molar-refractivity contribution in [1.29, 1.82) is 5.26 Å². The highest BCUT2D eigenvalue weighted by atomic mass is 19.1. The summed E-state index contributed by atoms with van der Waals surface area (Å²) in [5.41, 5.74) is 2.18. The van der Waals surface area contributed by atoms with E-state index >= 15 is 0 Å². The summed E-state index contributed by atoms with van der Waals surface area (Å²) in [6, 6.07) is 9.24. The molecule has 4 rings (SSSR count). The molecule has 1 N–H and O–H groups in total. The Hall–Kier alpha value is -4.39. The molecule has 8 nitrogen and oxygen atoms in total. The van der Waals surface area contributed by atoms with Crippen molar-refractivity contribution in [3.05, 3.63) is 91.9 Å². The summed E-state index contributed by atoms with van der Waals surface area (Å²) in [4.78, 5) is 40.6. The lowest BCUT2D eigenvalue weighted by Crippen LogP contribution is -2.57. The van der Waals surface area contributed by atoms with Crippen LogP contribution in [-0.2, 0) is 11.2 Å². The Morgan fingerprint density at radius 3 is 2.56 bits per heavy atom. The van der Waals surface area contributed by atoms with E-state index in [1.165, 1.54) is 34.1 Å². The van der Waals surface area contributed by atoms with Crippen molar-refractivity contribution < 1.29 is 18.4 Å². The lowest BCUT2D eigenvalue weighted by Gasteiger charge is -2.39. The monoisotopic (exact) mass is 491 g/mol. The van der Waals surface area contributed by atoms with Gasteiger partial charge in [0.15, 0.2) is 0 Å². The van der Waals surface area contributed by atoms with Crippen LogP contribution in [0.5, 0.6) is 0 Å². The third-order valence-corrected chi connectivity index (χ3v) is 6.42. The van der Waals surface area contributed by atoms with Gasteiger partial charge in [-0.25, -0.2) is 13.9 Å². The Morgan fingerprint density at radius 2 is 1.86 bits per heavy atom. The molecule has 1 aliphatic rings. The zero-order valence-electron chi connectivity index (χ0n) is 19.9. The van der Waals surface area contributed by atoms with Crippen LogP contribution in [0.1, 0.15) is 45.2 Å². The highest BCUT2D eigenvalue weighted by Crippen LogP contribution is 2.25. The number of anilines is 1. The number of nitriles is 1. The number of piperazine rings is 1. The molecule has 10 heteroatoms. The van der Waals surface area contributed by atoms with E-state index in [1.807, 2.05) is 0 Å². The second kappa shape index (κ2) is 9.70. The first kappa shape index (κ1) is 24.7. The van der Waals surface area contributed by atoms with Crippen LogP contribution < -0.4 is 10.5 Å². The summed E-state index contributed by atoms with van der Waals surface area (Å²) < 4.78 is 28.4. The molecule has 36 heavy (non-hydrogen) atoms. The van der Waals surface area contributed by atoms with Crippen LogP contribution in [0.15, 0.2) is 41.2 Å². The number of rotatable bonds is 4. The number of hydrogen-bond donors (Lipinski definition) is 1. The first-order valence-electron chi connectivity index (χ1n) is 11.2. The molecule has 0 radical (unpaired) electrons. The van der Waals surface area contributed by atoms with Gasteiger partial charge in [-0.1, -0.05) is 6.07 Å². The molecule has 0 unspecified atom stereocenters. The van der Waals surface area contributed by atoms with E-state index in [0.717, 1.165) is 6.07 Å². The molecule has 0 bridgehead atoms. The molecule has 184 valence electrons. The lowest BCUT2D eigenvalue weighted by molar-refractivity contribution is -0.121. The summed E-state index contributed by atoms with van der Waals surface area (Å²) in [6.07, 6.45) is 0.277. The summed E-state index contributed by atoms with van der Waals surface area (Å²) >= 11 is 0. The topological polar surface area (TPSA) is 110 Å². The molecule has 1 saturated heterocycles. The van der Waals surface area contributed by atoms with Gasteiger partial charge in [-0.2, -0.15) is 10.4 Å². The number of hydrogen-bond acceptors (Lipinski definition) is 5. The third kappa shape index (κ3) is 4.60. The van der Waals surface area contributed by atoms with Crippen LogP contribution in [0.4, 0.5) is 14.5 Å². The van der Waals surface area contributed by atoms with Gasteiger partial charge < -0.3 is 9.80 Å². The lowest BCUT2D eigenvalue weighted by atomic mass is 10.0. The molecule has 0 spiro atoms. The molecule has 0 aliphatic carbocycles. The smallest absolute Gasteiger partial charge is 0.267 e. The van der Waals surface area contributed by atoms with Crippen molar-refractivity contribution in [2.75, 3.05) is 18.0 Å². The average Bonchev–Trinajstić information content (AvgIpc) is 2.85. The zero-order valence-corrected chi connectivity index (χ0v) is 19.9. The Morgan fingerprint density at radius 1 is 1.14 bits per heavy atom. The maximum Gasteiger partial charge on any atom is 0.267 e. The number of benzene rings is 2. The molecule has 1 fully saturated rings. The van der Waals surface area contributed by atoms with E-state index in [1.54, 1.807) is 32.9 Å². The van der Waals surface area contributed by atoms with E-state index in [9.17, 15) is 23.2 Å². The Kier molecular flexibility index (Phi) is 6.66. The van der Waals surface area contributed by atoms with E-state index < -0.39 is 29.5 Å². The predicted molar refractivity (Wildman–Crippen MR) is 128 cm³/mol. The molecule has 1 atom stereocenters. The van der Waals surface area contributed by atoms with Crippen LogP contribution in [0.3, 0.4) is 0 Å². The fourth-order valence-electron chi connectivity index (χ4n) is 4.31. The number of H-pyrrole nitrogens is 1. The van der Waals surface area contributed by atoms with Gasteiger partial charge in [-0.15, -0.1) is 0 Å². The van der Waals surface area contributed by atoms with Crippen LogP contribution >= 0.6 is 0 Å². The van der Waals surface area contributed by atoms with Crippen molar-refractivity contribution >= 4 is 17.5 Å². The van der Waals surface area contributed by atoms with Crippen molar-refractivity contribution in [1.82, 2.24) is 15.1 Å². The number of nitrogens with zero attached hydrogens (tertiary/aromatic N) is 4. The molecule has 2 heterocycles. The Balaban J connectivity index is 1.56. The third-order valence-electron chi connectivity index (χ3n) is 6.42. The van der Waals surface area contributed by atoms with Gasteiger partial charge in [0.25, 0.3) is 11.5 Å². The number of carbonyl (C=O) groups is 2. The molecule has 1 aliphatic heterocycles. The molecule has 0 saturated carbocycles. The molecule has 3 aromatic rings. The average molecular weight is 491 g/mol. The molecule has 2 amide bonds. The van der Waals surface area contributed by atoms with Gasteiger partial charge in [0.1, 0.15) is 24.2 Å². The number of halogens is 2. The molecular formula is C26H23F2N5O3. The standard InChI is InChI=1S/C26H23F2N5O3/c1-14-12-32(13-24(34)33(14)19-5-7-21(27)18(10-19)11-29)26(36)20-8-17(4-6-22(20)28)9-23-15(2)16(3)25(35)31-30-23/h4-8,10,14H,9,12-13H2,1-3H3,(H,31,35)/t14-/m1/s1. The van der Waals surface area contributed by atoms with Crippen molar-refractivity contribution in [2.24, 2.45) is 0 Å². The predicted octanol–water partition coefficient (Wildman–Crippen LogP) is 3.00. The van der Waals surface area contributed by atoms with E-state index in [2.05, 4.69) is 10.2 Å². The van der Waals surface area contributed by atoms with E-state index in [-0.39, 0.29) is 36.2 Å². The van der Waals surface area contributed by atoms with Gasteiger partial charge in [-0.05, 0) is 62.2 Å². The summed E-state index contributed by atoms with van der Waals surface area (Å²) in [5.74, 6) is -2.47. The van der Waals surface area contributed by atoms with Crippen molar-refractivity contribution in [3.8, 4) is 6.07 Å². The van der Waals surface area contributed by atoms with Gasteiger partial charge in [-0.3, -0.25) is 14.4 Å². The maximum absolute atomic E-state index is 14.7. The number of aromatic nitrogens is 2. The molecule has 1 aromatic heterocycles. The SMILES string of the molecule is Cc1c(Cc2ccc(F)c(C(=O)N3CC(=O)N(c4ccc(F)c(C#N)c4)[C@H](C)C3)c2)n[nH]c(=O)c1C. The number of nitrogens with one attached hydrogen (secondary N) is 1. The summed E-state index contributed by atoms with van der Waals surface area (Å²) in [6.45, 7) is 4.99. The molecular weight excluding hydrogens is 468 g/mol. The van der Waals surface area contributed by atoms with Crippen LogP contribution in [0, 0.1) is 36.8 Å². The van der Waals surface area contributed by atoms with E-state index in [4.69, 9.17) is 5.26 Å². The summed E-state index contributed by atoms with van der Waals surface area (Å²) in [5, 5.41) is 15.6. The highest BCUT2D eigenvalue weighted by molar-refractivity contribution is 6.02. The quantitative estimate of drug-likeness (QED) is 0.603. The van der Waals surface area contributed by atoms with Gasteiger partial charge >= 0.3 is 0 Å². The first-order valence-corrected chi connectivity index (χ1v) is 11.2. The van der Waals surface area contributed by atoms with Crippen LogP contribution in [0.2, 0.25) is 0 Å². The minimum atomic E-state index is -0.717. The maximum atomic E-state index is 14.7. The first-order chi connectivity index (χ1) is 17.1. The molecule has 2 aromatic carbocycles. The second-order valence-electron chi connectivity index (χ2n) is 8.81. The summed E-state index contributed by atoms with van der Waals surface area (Å²) in [7, 11) is 0. The van der Waals surface area contributed by atoms with Crippen LogP contribution in [0.25, 0.3) is 0 Å². The second-order valence-corrected chi connectivity index (χ2v) is 8.81. The number of aromatic amines is 1.